The number of nitrogens with zero attached hydrogens (tertiary/aromatic N) is 2. The van der Waals surface area contributed by atoms with Crippen molar-refractivity contribution >= 4 is 50.8 Å². The largest absolute Gasteiger partial charge is 0.353 e. The zero-order chi connectivity index (χ0) is 28.4. The predicted octanol–water partition coefficient (Wildman–Crippen LogP) is 5.87. The second kappa shape index (κ2) is 15.7. The molecule has 1 aromatic heterocycles. The Bertz CT molecular complexity index is 1140. The molecule has 3 atom stereocenters. The molecule has 3 rings (SSSR count). The maximum Gasteiger partial charge on any atom is 0.224 e. The highest BCUT2D eigenvalue weighted by Crippen LogP contribution is 2.27. The Kier molecular flexibility index (Phi) is 12.7. The highest BCUT2D eigenvalue weighted by Gasteiger charge is 2.28. The van der Waals surface area contributed by atoms with Crippen LogP contribution < -0.4 is 5.32 Å². The van der Waals surface area contributed by atoms with Gasteiger partial charge in [0, 0.05) is 68.4 Å². The Morgan fingerprint density at radius 2 is 1.90 bits per heavy atom. The van der Waals surface area contributed by atoms with E-state index < -0.39 is 5.92 Å². The van der Waals surface area contributed by atoms with Gasteiger partial charge in [-0.1, -0.05) is 46.8 Å². The molecule has 0 unspecified atom stereocenters. The number of thiazole rings is 1. The molecule has 214 valence electrons. The van der Waals surface area contributed by atoms with Crippen LogP contribution in [0.2, 0.25) is 0 Å². The van der Waals surface area contributed by atoms with Crippen LogP contribution >= 0.6 is 23.1 Å². The summed E-state index contributed by atoms with van der Waals surface area (Å²) in [7, 11) is 0. The molecule has 1 N–H and O–H groups in total. The van der Waals surface area contributed by atoms with Crippen molar-refractivity contribution in [2.75, 3.05) is 31.1 Å². The van der Waals surface area contributed by atoms with Crippen LogP contribution in [0.5, 0.6) is 0 Å². The van der Waals surface area contributed by atoms with Crippen LogP contribution in [0.3, 0.4) is 0 Å². The van der Waals surface area contributed by atoms with Crippen LogP contribution in [0.4, 0.5) is 0 Å². The van der Waals surface area contributed by atoms with E-state index in [-0.39, 0.29) is 35.9 Å². The summed E-state index contributed by atoms with van der Waals surface area (Å²) in [5.74, 6) is 1.98. The fraction of sp³-hybridized carbons (Fsp3) is 0.613. The quantitative estimate of drug-likeness (QED) is 0.254. The molecule has 2 heterocycles. The first kappa shape index (κ1) is 31.5. The number of amides is 1. The van der Waals surface area contributed by atoms with Gasteiger partial charge in [0.15, 0.2) is 5.78 Å². The second-order valence-electron chi connectivity index (χ2n) is 10.7. The fourth-order valence-corrected chi connectivity index (χ4v) is 6.97. The number of ketones is 2. The van der Waals surface area contributed by atoms with Gasteiger partial charge in [-0.25, -0.2) is 4.98 Å². The monoisotopic (exact) mass is 571 g/mol. The molecule has 39 heavy (non-hydrogen) atoms. The predicted molar refractivity (Wildman–Crippen MR) is 165 cm³/mol. The molecule has 1 aromatic carbocycles. The number of carbonyl (C=O) groups excluding carboxylic acids is 3. The van der Waals surface area contributed by atoms with Gasteiger partial charge < -0.3 is 5.32 Å². The van der Waals surface area contributed by atoms with E-state index in [1.54, 1.807) is 11.3 Å². The molecular weight excluding hydrogens is 526 g/mol. The van der Waals surface area contributed by atoms with Crippen molar-refractivity contribution in [3.05, 3.63) is 40.9 Å². The molecule has 2 aromatic rings. The van der Waals surface area contributed by atoms with E-state index in [4.69, 9.17) is 4.98 Å². The smallest absolute Gasteiger partial charge is 0.224 e. The van der Waals surface area contributed by atoms with Crippen LogP contribution in [-0.4, -0.2) is 64.5 Å². The lowest BCUT2D eigenvalue weighted by Gasteiger charge is -2.28. The maximum absolute atomic E-state index is 13.6. The van der Waals surface area contributed by atoms with E-state index in [1.807, 2.05) is 24.8 Å². The number of aromatic nitrogens is 1. The lowest BCUT2D eigenvalue weighted by atomic mass is 9.91. The SMILES string of the molecule is C=C(CN1CCSCC1)C(=O)CC[C@@H](NC(=O)[C@@H](CC(=O)CC)Cc1nc2ccc(CC)cc2s1)[C@@H](C)CC. The van der Waals surface area contributed by atoms with Crippen molar-refractivity contribution in [2.45, 2.75) is 78.7 Å². The third kappa shape index (κ3) is 9.54. The summed E-state index contributed by atoms with van der Waals surface area (Å²) < 4.78 is 1.12. The van der Waals surface area contributed by atoms with Crippen molar-refractivity contribution in [3.63, 3.8) is 0 Å². The number of thioether (sulfide) groups is 1. The van der Waals surface area contributed by atoms with Crippen LogP contribution in [0, 0.1) is 11.8 Å². The van der Waals surface area contributed by atoms with E-state index in [0.29, 0.717) is 37.8 Å². The first-order chi connectivity index (χ1) is 18.7. The van der Waals surface area contributed by atoms with Gasteiger partial charge in [0.1, 0.15) is 5.78 Å². The summed E-state index contributed by atoms with van der Waals surface area (Å²) >= 11 is 3.55. The third-order valence-electron chi connectivity index (χ3n) is 7.82. The van der Waals surface area contributed by atoms with Crippen LogP contribution in [0.1, 0.15) is 70.4 Å². The molecule has 6 nitrogen and oxygen atoms in total. The number of rotatable bonds is 16. The van der Waals surface area contributed by atoms with Crippen molar-refractivity contribution in [2.24, 2.45) is 11.8 Å². The van der Waals surface area contributed by atoms with Gasteiger partial charge in [-0.3, -0.25) is 19.3 Å². The molecular formula is C31H45N3O3S2. The average molecular weight is 572 g/mol. The molecule has 1 amide bonds. The standard InChI is InChI=1S/C31H45N3O3S2/c1-6-21(4)26(11-12-28(36)22(5)20-34-13-15-38-16-14-34)33-31(37)24(18-25(35)8-3)19-30-32-27-10-9-23(7-2)17-29(27)39-30/h9-10,17,21,24,26H,5-8,11-16,18-20H2,1-4H3,(H,33,37)/t21-,24-,26+/m0/s1. The number of Topliss-reactive ketones (excluding diaryl/α,β-unsaturated/α-hetero) is 2. The Morgan fingerprint density at radius 3 is 2.56 bits per heavy atom. The minimum absolute atomic E-state index is 0.0761. The number of hydrogen-bond acceptors (Lipinski definition) is 7. The number of aryl methyl sites for hydroxylation is 1. The molecule has 0 aliphatic carbocycles. The number of nitrogens with one attached hydrogen (secondary N) is 1. The van der Waals surface area contributed by atoms with Crippen LogP contribution in [0.25, 0.3) is 10.2 Å². The molecule has 0 saturated carbocycles. The summed E-state index contributed by atoms with van der Waals surface area (Å²) in [4.78, 5) is 46.0. The fourth-order valence-electron chi connectivity index (χ4n) is 4.88. The van der Waals surface area contributed by atoms with Crippen LogP contribution in [0.15, 0.2) is 30.4 Å². The summed E-state index contributed by atoms with van der Waals surface area (Å²) in [6.45, 7) is 14.9. The third-order valence-corrected chi connectivity index (χ3v) is 9.80. The topological polar surface area (TPSA) is 79.4 Å². The zero-order valence-electron chi connectivity index (χ0n) is 24.1. The molecule has 0 spiro atoms. The van der Waals surface area contributed by atoms with Crippen molar-refractivity contribution in [1.29, 1.82) is 0 Å². The molecule has 1 fully saturated rings. The Morgan fingerprint density at radius 1 is 1.15 bits per heavy atom. The molecule has 1 saturated heterocycles. The van der Waals surface area contributed by atoms with Gasteiger partial charge in [-0.2, -0.15) is 11.8 Å². The minimum Gasteiger partial charge on any atom is -0.353 e. The molecule has 8 heteroatoms. The van der Waals surface area contributed by atoms with E-state index in [0.717, 1.165) is 52.7 Å². The first-order valence-electron chi connectivity index (χ1n) is 14.4. The highest BCUT2D eigenvalue weighted by molar-refractivity contribution is 7.99. The zero-order valence-corrected chi connectivity index (χ0v) is 25.7. The molecule has 1 aliphatic heterocycles. The van der Waals surface area contributed by atoms with Crippen molar-refractivity contribution in [3.8, 4) is 0 Å². The summed E-state index contributed by atoms with van der Waals surface area (Å²) in [5, 5.41) is 4.12. The second-order valence-corrected chi connectivity index (χ2v) is 13.1. The van der Waals surface area contributed by atoms with E-state index in [9.17, 15) is 14.4 Å². The van der Waals surface area contributed by atoms with Crippen LogP contribution in [-0.2, 0) is 27.2 Å². The lowest BCUT2D eigenvalue weighted by molar-refractivity contribution is -0.130. The molecule has 0 bridgehead atoms. The van der Waals surface area contributed by atoms with Gasteiger partial charge in [-0.05, 0) is 36.5 Å². The Labute approximate surface area is 242 Å². The summed E-state index contributed by atoms with van der Waals surface area (Å²) in [6, 6.07) is 6.16. The number of carbonyl (C=O) groups is 3. The summed E-state index contributed by atoms with van der Waals surface area (Å²) in [5.41, 5.74) is 2.86. The number of hydrogen-bond donors (Lipinski definition) is 1. The van der Waals surface area contributed by atoms with E-state index >= 15 is 0 Å². The van der Waals surface area contributed by atoms with Crippen molar-refractivity contribution < 1.29 is 14.4 Å². The normalized spacial score (nSPS) is 16.5. The maximum atomic E-state index is 13.6. The Hall–Kier alpha value is -2.03. The molecule has 0 radical (unpaired) electrons. The molecule has 1 aliphatic rings. The Balaban J connectivity index is 1.66. The van der Waals surface area contributed by atoms with Gasteiger partial charge in [0.2, 0.25) is 5.91 Å². The first-order valence-corrected chi connectivity index (χ1v) is 16.4. The van der Waals surface area contributed by atoms with Gasteiger partial charge in [-0.15, -0.1) is 11.3 Å². The lowest BCUT2D eigenvalue weighted by Crippen LogP contribution is -2.43. The number of fused-ring (bicyclic) bond motifs is 1. The van der Waals surface area contributed by atoms with Gasteiger partial charge >= 0.3 is 0 Å². The van der Waals surface area contributed by atoms with Gasteiger partial charge in [0.25, 0.3) is 0 Å². The highest BCUT2D eigenvalue weighted by atomic mass is 32.2. The van der Waals surface area contributed by atoms with E-state index in [2.05, 4.69) is 49.7 Å². The van der Waals surface area contributed by atoms with E-state index in [1.165, 1.54) is 5.56 Å². The number of benzene rings is 1. The average Bonchev–Trinajstić information content (AvgIpc) is 3.35. The summed E-state index contributed by atoms with van der Waals surface area (Å²) in [6.07, 6.45) is 3.84. The van der Waals surface area contributed by atoms with Gasteiger partial charge in [0.05, 0.1) is 21.1 Å². The van der Waals surface area contributed by atoms with Crippen molar-refractivity contribution in [1.82, 2.24) is 15.2 Å². The minimum atomic E-state index is -0.474.